The van der Waals surface area contributed by atoms with Gasteiger partial charge in [0.2, 0.25) is 0 Å². The second-order valence-corrected chi connectivity index (χ2v) is 4.50. The number of rotatable bonds is 10. The van der Waals surface area contributed by atoms with E-state index in [1.165, 1.54) is 0 Å². The van der Waals surface area contributed by atoms with Crippen LogP contribution in [0.25, 0.3) is 0 Å². The summed E-state index contributed by atoms with van der Waals surface area (Å²) in [6.45, 7) is 6.75. The smallest absolute Gasteiger partial charge is 0.407 e. The molecule has 5 nitrogen and oxygen atoms in total. The van der Waals surface area contributed by atoms with Crippen LogP contribution in [0.15, 0.2) is 0 Å². The monoisotopic (exact) mass is 273 g/mol. The van der Waals surface area contributed by atoms with Crippen molar-refractivity contribution >= 4 is 12.1 Å². The number of alkyl carbamates (subject to hydrolysis) is 1. The van der Waals surface area contributed by atoms with Crippen LogP contribution >= 0.6 is 0 Å². The number of carbonyl (C=O) groups is 2. The molecule has 0 aromatic carbocycles. The molecule has 0 radical (unpaired) electrons. The number of amides is 1. The lowest BCUT2D eigenvalue weighted by atomic mass is 10.1. The average Bonchev–Trinajstić information content (AvgIpc) is 2.41. The van der Waals surface area contributed by atoms with Gasteiger partial charge in [0.05, 0.1) is 13.2 Å². The van der Waals surface area contributed by atoms with Gasteiger partial charge in [-0.2, -0.15) is 0 Å². The fourth-order valence-corrected chi connectivity index (χ4v) is 1.45. The Kier molecular flexibility index (Phi) is 11.0. The lowest BCUT2D eigenvalue weighted by molar-refractivity contribution is -0.146. The van der Waals surface area contributed by atoms with Crippen LogP contribution in [-0.2, 0) is 14.3 Å². The molecule has 112 valence electrons. The lowest BCUT2D eigenvalue weighted by Gasteiger charge is -2.17. The molecule has 0 aromatic heterocycles. The topological polar surface area (TPSA) is 64.6 Å². The van der Waals surface area contributed by atoms with Crippen LogP contribution in [0.4, 0.5) is 4.79 Å². The predicted molar refractivity (Wildman–Crippen MR) is 74.0 cm³/mol. The van der Waals surface area contributed by atoms with E-state index in [1.807, 2.05) is 20.8 Å². The zero-order valence-electron chi connectivity index (χ0n) is 12.4. The van der Waals surface area contributed by atoms with Crippen molar-refractivity contribution in [3.8, 4) is 0 Å². The first-order valence-electron chi connectivity index (χ1n) is 7.25. The maximum atomic E-state index is 11.8. The Morgan fingerprint density at radius 2 is 1.63 bits per heavy atom. The summed E-state index contributed by atoms with van der Waals surface area (Å²) < 4.78 is 10.1. The van der Waals surface area contributed by atoms with E-state index in [-0.39, 0.29) is 5.97 Å². The minimum absolute atomic E-state index is 0.372. The Morgan fingerprint density at radius 1 is 0.947 bits per heavy atom. The Bertz CT molecular complexity index is 256. The van der Waals surface area contributed by atoms with E-state index < -0.39 is 12.1 Å². The van der Waals surface area contributed by atoms with E-state index in [4.69, 9.17) is 9.47 Å². The summed E-state index contributed by atoms with van der Waals surface area (Å²) in [6.07, 6.45) is 4.43. The maximum absolute atomic E-state index is 11.8. The highest BCUT2D eigenvalue weighted by molar-refractivity contribution is 5.81. The molecule has 19 heavy (non-hydrogen) atoms. The molecule has 0 fully saturated rings. The van der Waals surface area contributed by atoms with Crippen LogP contribution in [-0.4, -0.2) is 31.3 Å². The minimum Gasteiger partial charge on any atom is -0.464 e. The maximum Gasteiger partial charge on any atom is 0.407 e. The molecule has 1 unspecified atom stereocenters. The summed E-state index contributed by atoms with van der Waals surface area (Å²) in [5.74, 6) is -0.372. The quantitative estimate of drug-likeness (QED) is 0.491. The van der Waals surface area contributed by atoms with Gasteiger partial charge in [0.15, 0.2) is 0 Å². The van der Waals surface area contributed by atoms with Gasteiger partial charge < -0.3 is 14.8 Å². The molecule has 1 amide bonds. The van der Waals surface area contributed by atoms with Crippen LogP contribution in [0.1, 0.15) is 59.3 Å². The molecule has 1 N–H and O–H groups in total. The third kappa shape index (κ3) is 9.33. The van der Waals surface area contributed by atoms with Crippen molar-refractivity contribution in [1.29, 1.82) is 0 Å². The van der Waals surface area contributed by atoms with Gasteiger partial charge in [-0.15, -0.1) is 0 Å². The molecule has 0 saturated heterocycles. The van der Waals surface area contributed by atoms with E-state index in [9.17, 15) is 9.59 Å². The molecule has 1 atom stereocenters. The molecule has 0 aliphatic rings. The summed E-state index contributed by atoms with van der Waals surface area (Å²) in [5.41, 5.74) is 0. The number of nitrogens with one attached hydrogen (secondary N) is 1. The standard InChI is InChI=1S/C14H27NO4/c1-4-7-9-12(13(16)18-10-6-3)15-14(17)19-11-8-5-2/h12H,4-11H2,1-3H3,(H,15,17). The van der Waals surface area contributed by atoms with Gasteiger partial charge in [0.25, 0.3) is 0 Å². The lowest BCUT2D eigenvalue weighted by Crippen LogP contribution is -2.42. The molecule has 0 bridgehead atoms. The highest BCUT2D eigenvalue weighted by atomic mass is 16.6. The largest absolute Gasteiger partial charge is 0.464 e. The van der Waals surface area contributed by atoms with Crippen LogP contribution in [0, 0.1) is 0 Å². The molecule has 0 saturated carbocycles. The van der Waals surface area contributed by atoms with E-state index in [2.05, 4.69) is 5.32 Å². The molecule has 0 heterocycles. The minimum atomic E-state index is -0.597. The second-order valence-electron chi connectivity index (χ2n) is 4.50. The summed E-state index contributed by atoms with van der Waals surface area (Å²) >= 11 is 0. The zero-order chi connectivity index (χ0) is 14.5. The van der Waals surface area contributed by atoms with Gasteiger partial charge >= 0.3 is 12.1 Å². The normalized spacial score (nSPS) is 11.7. The van der Waals surface area contributed by atoms with Gasteiger partial charge in [0.1, 0.15) is 6.04 Å². The molecular formula is C14H27NO4. The molecule has 0 aromatic rings. The third-order valence-electron chi connectivity index (χ3n) is 2.60. The fraction of sp³-hybridized carbons (Fsp3) is 0.857. The highest BCUT2D eigenvalue weighted by Gasteiger charge is 2.22. The van der Waals surface area contributed by atoms with Gasteiger partial charge in [-0.1, -0.05) is 40.0 Å². The van der Waals surface area contributed by atoms with Gasteiger partial charge in [-0.25, -0.2) is 9.59 Å². The van der Waals surface area contributed by atoms with E-state index in [0.29, 0.717) is 19.6 Å². The molecule has 0 aliphatic carbocycles. The first-order chi connectivity index (χ1) is 9.15. The Hall–Kier alpha value is -1.26. The summed E-state index contributed by atoms with van der Waals surface area (Å²) in [4.78, 5) is 23.3. The first kappa shape index (κ1) is 17.7. The van der Waals surface area contributed by atoms with Gasteiger partial charge in [-0.3, -0.25) is 0 Å². The number of esters is 1. The second kappa shape index (κ2) is 11.8. The summed E-state index contributed by atoms with van der Waals surface area (Å²) in [5, 5.41) is 2.58. The molecule has 0 rings (SSSR count). The van der Waals surface area contributed by atoms with Crippen LogP contribution < -0.4 is 5.32 Å². The van der Waals surface area contributed by atoms with Crippen molar-refractivity contribution in [2.24, 2.45) is 0 Å². The first-order valence-corrected chi connectivity index (χ1v) is 7.25. The fourth-order valence-electron chi connectivity index (χ4n) is 1.45. The van der Waals surface area contributed by atoms with Crippen molar-refractivity contribution < 1.29 is 19.1 Å². The van der Waals surface area contributed by atoms with Crippen molar-refractivity contribution in [3.05, 3.63) is 0 Å². The predicted octanol–water partition coefficient (Wildman–Crippen LogP) is 3.02. The van der Waals surface area contributed by atoms with Crippen LogP contribution in [0.3, 0.4) is 0 Å². The van der Waals surface area contributed by atoms with Crippen molar-refractivity contribution in [3.63, 3.8) is 0 Å². The number of hydrogen-bond donors (Lipinski definition) is 1. The van der Waals surface area contributed by atoms with Crippen molar-refractivity contribution in [2.45, 2.75) is 65.3 Å². The molecular weight excluding hydrogens is 246 g/mol. The van der Waals surface area contributed by atoms with Crippen LogP contribution in [0.5, 0.6) is 0 Å². The van der Waals surface area contributed by atoms with Gasteiger partial charge in [0, 0.05) is 0 Å². The molecule has 0 aliphatic heterocycles. The van der Waals surface area contributed by atoms with Crippen LogP contribution in [0.2, 0.25) is 0 Å². The SMILES string of the molecule is CCCCOC(=O)NC(CCCC)C(=O)OCCC. The third-order valence-corrected chi connectivity index (χ3v) is 2.60. The van der Waals surface area contributed by atoms with Gasteiger partial charge in [-0.05, 0) is 19.3 Å². The molecule has 5 heteroatoms. The molecule has 0 spiro atoms. The van der Waals surface area contributed by atoms with E-state index in [1.54, 1.807) is 0 Å². The number of ether oxygens (including phenoxy) is 2. The Labute approximate surface area is 116 Å². The Balaban J connectivity index is 4.16. The summed E-state index contributed by atoms with van der Waals surface area (Å²) in [6, 6.07) is -0.597. The van der Waals surface area contributed by atoms with Crippen molar-refractivity contribution in [2.75, 3.05) is 13.2 Å². The van der Waals surface area contributed by atoms with E-state index >= 15 is 0 Å². The highest BCUT2D eigenvalue weighted by Crippen LogP contribution is 2.04. The van der Waals surface area contributed by atoms with Crippen molar-refractivity contribution in [1.82, 2.24) is 5.32 Å². The number of unbranched alkanes of at least 4 members (excludes halogenated alkanes) is 2. The average molecular weight is 273 g/mol. The summed E-state index contributed by atoms with van der Waals surface area (Å²) in [7, 11) is 0. The Morgan fingerprint density at radius 3 is 2.21 bits per heavy atom. The van der Waals surface area contributed by atoms with E-state index in [0.717, 1.165) is 32.1 Å². The number of carbonyl (C=O) groups excluding carboxylic acids is 2. The zero-order valence-corrected chi connectivity index (χ0v) is 12.4. The number of hydrogen-bond acceptors (Lipinski definition) is 4.